The van der Waals surface area contributed by atoms with Crippen molar-refractivity contribution in [2.45, 2.75) is 6.10 Å². The maximum Gasteiger partial charge on any atom is 0.246 e. The van der Waals surface area contributed by atoms with Crippen LogP contribution in [0.1, 0.15) is 4.88 Å². The summed E-state index contributed by atoms with van der Waals surface area (Å²) in [6.07, 6.45) is 5.51. The number of ether oxygens (including phenoxy) is 1. The lowest BCUT2D eigenvalue weighted by Crippen LogP contribution is -2.31. The number of aromatic nitrogens is 1. The predicted octanol–water partition coefficient (Wildman–Crippen LogP) is 2.74. The van der Waals surface area contributed by atoms with Crippen LogP contribution in [-0.4, -0.2) is 48.1 Å². The molecular weight excluding hydrogens is 334 g/mol. The fourth-order valence-electron chi connectivity index (χ4n) is 3.54. The van der Waals surface area contributed by atoms with Crippen LogP contribution in [0, 0.1) is 11.8 Å². The van der Waals surface area contributed by atoms with Gasteiger partial charge in [0, 0.05) is 48.6 Å². The Morgan fingerprint density at radius 3 is 3.12 bits per heavy atom. The Kier molecular flexibility index (Phi) is 4.81. The highest BCUT2D eigenvalue weighted by Gasteiger charge is 2.44. The summed E-state index contributed by atoms with van der Waals surface area (Å²) < 4.78 is 5.93. The van der Waals surface area contributed by atoms with Gasteiger partial charge in [-0.3, -0.25) is 4.79 Å². The summed E-state index contributed by atoms with van der Waals surface area (Å²) >= 11 is 1.63. The second-order valence-corrected chi connectivity index (χ2v) is 7.46. The van der Waals surface area contributed by atoms with Gasteiger partial charge < -0.3 is 15.0 Å². The third kappa shape index (κ3) is 3.75. The summed E-state index contributed by atoms with van der Waals surface area (Å²) in [7, 11) is 0. The molecule has 0 aromatic carbocycles. The van der Waals surface area contributed by atoms with Crippen LogP contribution >= 0.6 is 11.3 Å². The molecule has 0 saturated carbocycles. The predicted molar refractivity (Wildman–Crippen MR) is 99.4 cm³/mol. The third-order valence-corrected chi connectivity index (χ3v) is 5.73. The van der Waals surface area contributed by atoms with E-state index in [9.17, 15) is 4.79 Å². The average molecular weight is 355 g/mol. The molecule has 2 aromatic heterocycles. The lowest BCUT2D eigenvalue weighted by atomic mass is 9.93. The molecule has 0 aliphatic carbocycles. The van der Waals surface area contributed by atoms with Crippen LogP contribution in [-0.2, 0) is 9.53 Å². The number of hydrogen-bond donors (Lipinski definition) is 1. The number of fused-ring (bicyclic) bond motifs is 1. The highest BCUT2D eigenvalue weighted by molar-refractivity contribution is 7.10. The smallest absolute Gasteiger partial charge is 0.246 e. The molecule has 130 valence electrons. The summed E-state index contributed by atoms with van der Waals surface area (Å²) in [6, 6.07) is 9.84. The standard InChI is InChI=1S/C19H21N3O2S/c23-19(7-6-15-4-3-9-25-15)22-11-16-14(13-24-17(16)12-22)10-21-18-5-1-2-8-20-18/h1-9,14,16-17H,10-13H2,(H,20,21)/b7-6+/t14-,16+,17+/m0/s1. The monoisotopic (exact) mass is 355 g/mol. The molecular formula is C19H21N3O2S. The molecule has 3 atom stereocenters. The number of likely N-dealkylation sites (tertiary alicyclic amines) is 1. The molecule has 2 aliphatic rings. The van der Waals surface area contributed by atoms with Gasteiger partial charge in [-0.1, -0.05) is 12.1 Å². The van der Waals surface area contributed by atoms with Crippen LogP contribution in [0.4, 0.5) is 5.82 Å². The van der Waals surface area contributed by atoms with Gasteiger partial charge in [-0.25, -0.2) is 4.98 Å². The van der Waals surface area contributed by atoms with Crippen LogP contribution in [0.15, 0.2) is 48.0 Å². The Bertz CT molecular complexity index is 732. The molecule has 6 heteroatoms. The fraction of sp³-hybridized carbons (Fsp3) is 0.368. The van der Waals surface area contributed by atoms with Crippen LogP contribution in [0.2, 0.25) is 0 Å². The highest BCUT2D eigenvalue weighted by Crippen LogP contribution is 2.34. The van der Waals surface area contributed by atoms with Gasteiger partial charge in [0.25, 0.3) is 0 Å². The van der Waals surface area contributed by atoms with E-state index in [1.807, 2.05) is 46.7 Å². The van der Waals surface area contributed by atoms with Crippen molar-refractivity contribution in [3.8, 4) is 0 Å². The van der Waals surface area contributed by atoms with Gasteiger partial charge in [0.05, 0.1) is 12.7 Å². The normalized spacial score (nSPS) is 25.4. The van der Waals surface area contributed by atoms with E-state index in [1.54, 1.807) is 23.6 Å². The quantitative estimate of drug-likeness (QED) is 0.838. The Hall–Kier alpha value is -2.18. The second-order valence-electron chi connectivity index (χ2n) is 6.48. The van der Waals surface area contributed by atoms with E-state index in [0.717, 1.165) is 30.4 Å². The zero-order chi connectivity index (χ0) is 17.1. The first-order valence-electron chi connectivity index (χ1n) is 8.56. The first-order chi connectivity index (χ1) is 12.3. The largest absolute Gasteiger partial charge is 0.376 e. The minimum atomic E-state index is 0.0721. The van der Waals surface area contributed by atoms with Gasteiger partial charge in [0.2, 0.25) is 5.91 Å². The zero-order valence-corrected chi connectivity index (χ0v) is 14.7. The van der Waals surface area contributed by atoms with Gasteiger partial charge >= 0.3 is 0 Å². The van der Waals surface area contributed by atoms with E-state index in [2.05, 4.69) is 10.3 Å². The van der Waals surface area contributed by atoms with Crippen molar-refractivity contribution in [3.05, 3.63) is 52.9 Å². The number of anilines is 1. The van der Waals surface area contributed by atoms with E-state index in [0.29, 0.717) is 18.4 Å². The van der Waals surface area contributed by atoms with E-state index < -0.39 is 0 Å². The van der Waals surface area contributed by atoms with Gasteiger partial charge in [0.1, 0.15) is 5.82 Å². The maximum atomic E-state index is 12.4. The lowest BCUT2D eigenvalue weighted by Gasteiger charge is -2.19. The number of thiophene rings is 1. The van der Waals surface area contributed by atoms with Crippen molar-refractivity contribution in [2.24, 2.45) is 11.8 Å². The van der Waals surface area contributed by atoms with Crippen molar-refractivity contribution >= 4 is 29.1 Å². The summed E-state index contributed by atoms with van der Waals surface area (Å²) in [5.41, 5.74) is 0. The molecule has 0 unspecified atom stereocenters. The first-order valence-corrected chi connectivity index (χ1v) is 9.44. The van der Waals surface area contributed by atoms with Crippen LogP contribution in [0.3, 0.4) is 0 Å². The van der Waals surface area contributed by atoms with Crippen molar-refractivity contribution in [3.63, 3.8) is 0 Å². The molecule has 0 radical (unpaired) electrons. The number of rotatable bonds is 5. The molecule has 2 fully saturated rings. The average Bonchev–Trinajstić information content (AvgIpc) is 3.36. The molecule has 1 N–H and O–H groups in total. The third-order valence-electron chi connectivity index (χ3n) is 4.89. The number of nitrogens with one attached hydrogen (secondary N) is 1. The number of carbonyl (C=O) groups is 1. The minimum Gasteiger partial charge on any atom is -0.376 e. The second kappa shape index (κ2) is 7.37. The van der Waals surface area contributed by atoms with Gasteiger partial charge in [-0.15, -0.1) is 11.3 Å². The van der Waals surface area contributed by atoms with Crippen molar-refractivity contribution in [2.75, 3.05) is 31.6 Å². The van der Waals surface area contributed by atoms with Gasteiger partial charge in [0.15, 0.2) is 0 Å². The van der Waals surface area contributed by atoms with Crippen LogP contribution < -0.4 is 5.32 Å². The van der Waals surface area contributed by atoms with Crippen molar-refractivity contribution in [1.29, 1.82) is 0 Å². The molecule has 5 nitrogen and oxygen atoms in total. The van der Waals surface area contributed by atoms with E-state index >= 15 is 0 Å². The number of hydrogen-bond acceptors (Lipinski definition) is 5. The summed E-state index contributed by atoms with van der Waals surface area (Å²) in [6.45, 7) is 3.04. The van der Waals surface area contributed by atoms with Crippen LogP contribution in [0.25, 0.3) is 6.08 Å². The Morgan fingerprint density at radius 2 is 2.32 bits per heavy atom. The molecule has 0 spiro atoms. The number of carbonyl (C=O) groups excluding carboxylic acids is 1. The molecule has 4 rings (SSSR count). The van der Waals surface area contributed by atoms with E-state index in [1.165, 1.54) is 0 Å². The molecule has 0 bridgehead atoms. The lowest BCUT2D eigenvalue weighted by molar-refractivity contribution is -0.125. The molecule has 2 saturated heterocycles. The van der Waals surface area contributed by atoms with E-state index in [-0.39, 0.29) is 12.0 Å². The highest BCUT2D eigenvalue weighted by atomic mass is 32.1. The molecule has 2 aromatic rings. The number of amides is 1. The maximum absolute atomic E-state index is 12.4. The zero-order valence-electron chi connectivity index (χ0n) is 13.9. The Labute approximate surface area is 151 Å². The topological polar surface area (TPSA) is 54.5 Å². The summed E-state index contributed by atoms with van der Waals surface area (Å²) in [4.78, 5) is 19.7. The fourth-order valence-corrected chi connectivity index (χ4v) is 4.16. The van der Waals surface area contributed by atoms with Crippen molar-refractivity contribution < 1.29 is 9.53 Å². The first kappa shape index (κ1) is 16.3. The van der Waals surface area contributed by atoms with Crippen LogP contribution in [0.5, 0.6) is 0 Å². The SMILES string of the molecule is O=C(/C=C/c1cccs1)N1C[C@@H]2[C@@H](CNc3ccccn3)CO[C@@H]2C1. The van der Waals surface area contributed by atoms with Gasteiger partial charge in [-0.2, -0.15) is 0 Å². The van der Waals surface area contributed by atoms with Gasteiger partial charge in [-0.05, 0) is 29.7 Å². The number of pyridine rings is 1. The van der Waals surface area contributed by atoms with Crippen molar-refractivity contribution in [1.82, 2.24) is 9.88 Å². The summed E-state index contributed by atoms with van der Waals surface area (Å²) in [5, 5.41) is 5.39. The summed E-state index contributed by atoms with van der Waals surface area (Å²) in [5.74, 6) is 1.76. The molecule has 1 amide bonds. The molecule has 2 aliphatic heterocycles. The van der Waals surface area contributed by atoms with E-state index in [4.69, 9.17) is 4.74 Å². The minimum absolute atomic E-state index is 0.0721. The molecule has 25 heavy (non-hydrogen) atoms. The number of nitrogens with zero attached hydrogens (tertiary/aromatic N) is 2. The Morgan fingerprint density at radius 1 is 1.36 bits per heavy atom. The molecule has 4 heterocycles. The Balaban J connectivity index is 1.32.